The molecule has 1 atom stereocenters. The first-order chi connectivity index (χ1) is 11.1. The average molecular weight is 333 g/mol. The summed E-state index contributed by atoms with van der Waals surface area (Å²) in [5.74, 6) is 0.186. The highest BCUT2D eigenvalue weighted by Gasteiger charge is 2.26. The highest BCUT2D eigenvalue weighted by atomic mass is 35.5. The SMILES string of the molecule is O=C(N[C@@H]1CCOc2ccccc21)c1cc(Cl)ccc1[N+](=O)[O-]. The van der Waals surface area contributed by atoms with Crippen molar-refractivity contribution in [2.24, 2.45) is 0 Å². The van der Waals surface area contributed by atoms with Crippen molar-refractivity contribution in [2.75, 3.05) is 6.61 Å². The Morgan fingerprint density at radius 1 is 1.30 bits per heavy atom. The van der Waals surface area contributed by atoms with Crippen LogP contribution in [0.4, 0.5) is 5.69 Å². The molecule has 0 spiro atoms. The Hall–Kier alpha value is -2.60. The third-order valence-corrected chi connectivity index (χ3v) is 3.90. The maximum Gasteiger partial charge on any atom is 0.282 e. The number of para-hydroxylation sites is 1. The lowest BCUT2D eigenvalue weighted by Crippen LogP contribution is -2.32. The van der Waals surface area contributed by atoms with Gasteiger partial charge in [0, 0.05) is 23.1 Å². The summed E-state index contributed by atoms with van der Waals surface area (Å²) in [7, 11) is 0. The van der Waals surface area contributed by atoms with Gasteiger partial charge in [-0.05, 0) is 18.2 Å². The van der Waals surface area contributed by atoms with E-state index in [-0.39, 0.29) is 22.3 Å². The molecule has 7 heteroatoms. The van der Waals surface area contributed by atoms with Crippen molar-refractivity contribution >= 4 is 23.2 Å². The molecule has 0 fully saturated rings. The van der Waals surface area contributed by atoms with Crippen LogP contribution < -0.4 is 10.1 Å². The van der Waals surface area contributed by atoms with Gasteiger partial charge in [-0.15, -0.1) is 0 Å². The monoisotopic (exact) mass is 332 g/mol. The second-order valence-corrected chi connectivity index (χ2v) is 5.56. The number of fused-ring (bicyclic) bond motifs is 1. The van der Waals surface area contributed by atoms with E-state index in [0.717, 1.165) is 5.56 Å². The quantitative estimate of drug-likeness (QED) is 0.689. The molecule has 1 aliphatic rings. The van der Waals surface area contributed by atoms with Crippen LogP contribution in [0.3, 0.4) is 0 Å². The first kappa shape index (κ1) is 15.3. The van der Waals surface area contributed by atoms with Gasteiger partial charge in [0.25, 0.3) is 11.6 Å². The van der Waals surface area contributed by atoms with Gasteiger partial charge in [0.1, 0.15) is 11.3 Å². The summed E-state index contributed by atoms with van der Waals surface area (Å²) in [6.45, 7) is 0.472. The van der Waals surface area contributed by atoms with Crippen molar-refractivity contribution in [3.63, 3.8) is 0 Å². The fourth-order valence-electron chi connectivity index (χ4n) is 2.58. The molecule has 0 saturated heterocycles. The van der Waals surface area contributed by atoms with Gasteiger partial charge < -0.3 is 10.1 Å². The third-order valence-electron chi connectivity index (χ3n) is 3.66. The molecule has 0 radical (unpaired) electrons. The number of nitrogens with zero attached hydrogens (tertiary/aromatic N) is 1. The number of hydrogen-bond acceptors (Lipinski definition) is 4. The first-order valence-corrected chi connectivity index (χ1v) is 7.40. The van der Waals surface area contributed by atoms with Crippen LogP contribution in [-0.2, 0) is 0 Å². The molecule has 1 heterocycles. The Kier molecular flexibility index (Phi) is 4.16. The number of benzene rings is 2. The minimum absolute atomic E-state index is 0.0496. The molecule has 2 aromatic rings. The van der Waals surface area contributed by atoms with Gasteiger partial charge >= 0.3 is 0 Å². The summed E-state index contributed by atoms with van der Waals surface area (Å²) in [5, 5.41) is 14.2. The molecule has 1 aliphatic heterocycles. The van der Waals surface area contributed by atoms with E-state index in [1.54, 1.807) is 0 Å². The Bertz CT molecular complexity index is 778. The van der Waals surface area contributed by atoms with E-state index in [4.69, 9.17) is 16.3 Å². The maximum atomic E-state index is 12.5. The number of nitro groups is 1. The molecule has 3 rings (SSSR count). The minimum Gasteiger partial charge on any atom is -0.493 e. The number of carbonyl (C=O) groups is 1. The van der Waals surface area contributed by atoms with E-state index >= 15 is 0 Å². The number of nitro benzene ring substituents is 1. The predicted molar refractivity (Wildman–Crippen MR) is 84.9 cm³/mol. The predicted octanol–water partition coefficient (Wildman–Crippen LogP) is 3.50. The second kappa shape index (κ2) is 6.26. The molecule has 2 aromatic carbocycles. The molecule has 118 valence electrons. The van der Waals surface area contributed by atoms with Crippen molar-refractivity contribution in [3.8, 4) is 5.75 Å². The third kappa shape index (κ3) is 3.12. The van der Waals surface area contributed by atoms with Crippen molar-refractivity contribution in [3.05, 3.63) is 68.7 Å². The van der Waals surface area contributed by atoms with Gasteiger partial charge in [-0.1, -0.05) is 29.8 Å². The van der Waals surface area contributed by atoms with Crippen LogP contribution in [0.15, 0.2) is 42.5 Å². The van der Waals surface area contributed by atoms with E-state index in [1.165, 1.54) is 18.2 Å². The van der Waals surface area contributed by atoms with E-state index < -0.39 is 10.8 Å². The molecule has 0 unspecified atom stereocenters. The van der Waals surface area contributed by atoms with Crippen LogP contribution in [0, 0.1) is 10.1 Å². The normalized spacial score (nSPS) is 16.1. The van der Waals surface area contributed by atoms with Crippen LogP contribution in [0.2, 0.25) is 5.02 Å². The van der Waals surface area contributed by atoms with Crippen LogP contribution >= 0.6 is 11.6 Å². The van der Waals surface area contributed by atoms with Gasteiger partial charge in [0.15, 0.2) is 0 Å². The molecule has 0 aromatic heterocycles. The molecule has 1 N–H and O–H groups in total. The summed E-state index contributed by atoms with van der Waals surface area (Å²) in [6, 6.07) is 11.1. The lowest BCUT2D eigenvalue weighted by molar-refractivity contribution is -0.385. The van der Waals surface area contributed by atoms with E-state index in [2.05, 4.69) is 5.32 Å². The van der Waals surface area contributed by atoms with Crippen molar-refractivity contribution in [2.45, 2.75) is 12.5 Å². The summed E-state index contributed by atoms with van der Waals surface area (Å²) >= 11 is 5.87. The van der Waals surface area contributed by atoms with E-state index in [0.29, 0.717) is 18.8 Å². The van der Waals surface area contributed by atoms with Crippen LogP contribution in [0.1, 0.15) is 28.4 Å². The number of nitrogens with one attached hydrogen (secondary N) is 1. The number of ether oxygens (including phenoxy) is 1. The lowest BCUT2D eigenvalue weighted by atomic mass is 10.00. The van der Waals surface area contributed by atoms with Gasteiger partial charge in [-0.2, -0.15) is 0 Å². The van der Waals surface area contributed by atoms with Crippen LogP contribution in [-0.4, -0.2) is 17.4 Å². The summed E-state index contributed by atoms with van der Waals surface area (Å²) in [5.41, 5.74) is 0.537. The largest absolute Gasteiger partial charge is 0.493 e. The fraction of sp³-hybridized carbons (Fsp3) is 0.188. The molecule has 1 amide bonds. The van der Waals surface area contributed by atoms with Crippen molar-refractivity contribution in [1.82, 2.24) is 5.32 Å². The molecule has 0 bridgehead atoms. The van der Waals surface area contributed by atoms with Gasteiger partial charge in [0.2, 0.25) is 0 Å². The molecule has 6 nitrogen and oxygen atoms in total. The molecular formula is C16H13ClN2O4. The average Bonchev–Trinajstić information content (AvgIpc) is 2.54. The zero-order chi connectivity index (χ0) is 16.4. The van der Waals surface area contributed by atoms with Crippen LogP contribution in [0.25, 0.3) is 0 Å². The Balaban J connectivity index is 1.89. The van der Waals surface area contributed by atoms with E-state index in [9.17, 15) is 14.9 Å². The smallest absolute Gasteiger partial charge is 0.282 e. The zero-order valence-corrected chi connectivity index (χ0v) is 12.7. The summed E-state index contributed by atoms with van der Waals surface area (Å²) < 4.78 is 5.54. The molecule has 0 aliphatic carbocycles. The number of carbonyl (C=O) groups excluding carboxylic acids is 1. The first-order valence-electron chi connectivity index (χ1n) is 7.03. The van der Waals surface area contributed by atoms with Gasteiger partial charge in [-0.25, -0.2) is 0 Å². The Labute approximate surface area is 137 Å². The number of amides is 1. The minimum atomic E-state index is -0.594. The molecule has 23 heavy (non-hydrogen) atoms. The second-order valence-electron chi connectivity index (χ2n) is 5.12. The number of halogens is 1. The summed E-state index contributed by atoms with van der Waals surface area (Å²) in [4.78, 5) is 23.0. The fourth-order valence-corrected chi connectivity index (χ4v) is 2.75. The summed E-state index contributed by atoms with van der Waals surface area (Å²) in [6.07, 6.45) is 0.594. The lowest BCUT2D eigenvalue weighted by Gasteiger charge is -2.26. The zero-order valence-electron chi connectivity index (χ0n) is 12.0. The Morgan fingerprint density at radius 2 is 2.09 bits per heavy atom. The van der Waals surface area contributed by atoms with Gasteiger partial charge in [0.05, 0.1) is 17.6 Å². The topological polar surface area (TPSA) is 81.5 Å². The van der Waals surface area contributed by atoms with Crippen molar-refractivity contribution < 1.29 is 14.5 Å². The number of hydrogen-bond donors (Lipinski definition) is 1. The van der Waals surface area contributed by atoms with Gasteiger partial charge in [-0.3, -0.25) is 14.9 Å². The molecular weight excluding hydrogens is 320 g/mol. The Morgan fingerprint density at radius 3 is 2.87 bits per heavy atom. The van der Waals surface area contributed by atoms with Crippen LogP contribution in [0.5, 0.6) is 5.75 Å². The highest BCUT2D eigenvalue weighted by Crippen LogP contribution is 2.32. The number of rotatable bonds is 3. The molecule has 0 saturated carbocycles. The maximum absolute atomic E-state index is 12.5. The van der Waals surface area contributed by atoms with E-state index in [1.807, 2.05) is 24.3 Å². The highest BCUT2D eigenvalue weighted by molar-refractivity contribution is 6.31. The van der Waals surface area contributed by atoms with Crippen molar-refractivity contribution in [1.29, 1.82) is 0 Å². The standard InChI is InChI=1S/C16H13ClN2O4/c17-10-5-6-14(19(21)22)12(9-10)16(20)18-13-7-8-23-15-4-2-1-3-11(13)15/h1-6,9,13H,7-8H2,(H,18,20)/t13-/m1/s1.